The van der Waals surface area contributed by atoms with Crippen LogP contribution in [0.15, 0.2) is 54.1 Å². The Kier molecular flexibility index (Phi) is 6.21. The Bertz CT molecular complexity index is 1030. The van der Waals surface area contributed by atoms with Crippen molar-refractivity contribution in [2.45, 2.75) is 51.6 Å². The van der Waals surface area contributed by atoms with Crippen LogP contribution in [0.25, 0.3) is 5.76 Å². The molecule has 1 saturated carbocycles. The second kappa shape index (κ2) is 9.07. The predicted octanol–water partition coefficient (Wildman–Crippen LogP) is 4.79. The summed E-state index contributed by atoms with van der Waals surface area (Å²) < 4.78 is 5.70. The lowest BCUT2D eigenvalue weighted by Gasteiger charge is -2.30. The van der Waals surface area contributed by atoms with Gasteiger partial charge in [0.05, 0.1) is 18.2 Å². The molecule has 32 heavy (non-hydrogen) atoms. The van der Waals surface area contributed by atoms with E-state index < -0.39 is 17.7 Å². The van der Waals surface area contributed by atoms with Gasteiger partial charge in [-0.3, -0.25) is 9.59 Å². The van der Waals surface area contributed by atoms with Crippen LogP contribution in [0.5, 0.6) is 11.5 Å². The van der Waals surface area contributed by atoms with Crippen molar-refractivity contribution < 1.29 is 24.5 Å². The number of carbonyl (C=O) groups excluding carboxylic acids is 2. The molecule has 6 heteroatoms. The fraction of sp³-hybridized carbons (Fsp3) is 0.385. The monoisotopic (exact) mass is 435 g/mol. The number of benzene rings is 2. The first-order valence-electron chi connectivity index (χ1n) is 11.2. The first-order chi connectivity index (χ1) is 15.4. The third kappa shape index (κ3) is 4.22. The fourth-order valence-electron chi connectivity index (χ4n) is 4.56. The van der Waals surface area contributed by atoms with Gasteiger partial charge in [-0.1, -0.05) is 38.8 Å². The average Bonchev–Trinajstić information content (AvgIpc) is 3.39. The summed E-state index contributed by atoms with van der Waals surface area (Å²) in [6.45, 7) is 4.70. The van der Waals surface area contributed by atoms with E-state index in [1.165, 1.54) is 0 Å². The molecule has 1 amide bonds. The third-order valence-corrected chi connectivity index (χ3v) is 6.10. The van der Waals surface area contributed by atoms with Gasteiger partial charge in [0.15, 0.2) is 0 Å². The highest BCUT2D eigenvalue weighted by molar-refractivity contribution is 6.46. The smallest absolute Gasteiger partial charge is 0.295 e. The average molecular weight is 436 g/mol. The number of aliphatic hydroxyl groups excluding tert-OH is 1. The molecule has 2 N–H and O–H groups in total. The molecule has 1 aliphatic heterocycles. The van der Waals surface area contributed by atoms with E-state index in [4.69, 9.17) is 4.74 Å². The molecular weight excluding hydrogens is 406 g/mol. The molecule has 0 bridgehead atoms. The minimum atomic E-state index is -0.734. The number of nitrogens with zero attached hydrogens (tertiary/aromatic N) is 1. The van der Waals surface area contributed by atoms with Gasteiger partial charge in [-0.25, -0.2) is 0 Å². The topological polar surface area (TPSA) is 87.1 Å². The fourth-order valence-corrected chi connectivity index (χ4v) is 4.56. The Balaban J connectivity index is 1.76. The van der Waals surface area contributed by atoms with Gasteiger partial charge >= 0.3 is 0 Å². The van der Waals surface area contributed by atoms with Crippen LogP contribution in [0.1, 0.15) is 56.7 Å². The number of aromatic hydroxyl groups is 1. The van der Waals surface area contributed by atoms with Crippen LogP contribution in [-0.4, -0.2) is 39.5 Å². The number of hydrogen-bond acceptors (Lipinski definition) is 5. The Labute approximate surface area is 188 Å². The SMILES string of the molecule is CC(C)COc1ccc(/C(O)=C2/C(=O)C(=O)N(C3CCCC3)C2c2cccc(O)c2)cc1. The maximum Gasteiger partial charge on any atom is 0.295 e. The van der Waals surface area contributed by atoms with Gasteiger partial charge in [0.1, 0.15) is 17.3 Å². The number of amides is 1. The zero-order chi connectivity index (χ0) is 22.8. The van der Waals surface area contributed by atoms with Crippen LogP contribution in [0.2, 0.25) is 0 Å². The second-order valence-electron chi connectivity index (χ2n) is 8.97. The van der Waals surface area contributed by atoms with Crippen molar-refractivity contribution in [2.24, 2.45) is 5.92 Å². The molecule has 4 rings (SSSR count). The van der Waals surface area contributed by atoms with Crippen LogP contribution in [0.4, 0.5) is 0 Å². The molecule has 2 aliphatic rings. The highest BCUT2D eigenvalue weighted by atomic mass is 16.5. The van der Waals surface area contributed by atoms with E-state index in [1.54, 1.807) is 53.4 Å². The number of phenols is 1. The molecule has 0 spiro atoms. The molecule has 2 aromatic rings. The molecule has 1 atom stereocenters. The molecule has 1 aliphatic carbocycles. The van der Waals surface area contributed by atoms with Crippen molar-refractivity contribution in [3.8, 4) is 11.5 Å². The number of ether oxygens (including phenoxy) is 1. The maximum atomic E-state index is 13.1. The van der Waals surface area contributed by atoms with Crippen LogP contribution < -0.4 is 4.74 Å². The molecule has 168 valence electrons. The number of aliphatic hydroxyl groups is 1. The number of carbonyl (C=O) groups is 2. The van der Waals surface area contributed by atoms with Crippen LogP contribution >= 0.6 is 0 Å². The minimum Gasteiger partial charge on any atom is -0.508 e. The van der Waals surface area contributed by atoms with Crippen molar-refractivity contribution in [1.82, 2.24) is 4.90 Å². The molecule has 1 saturated heterocycles. The maximum absolute atomic E-state index is 13.1. The number of Topliss-reactive ketones (excluding diaryl/α,β-unsaturated/α-hetero) is 1. The molecule has 2 fully saturated rings. The van der Waals surface area contributed by atoms with Gasteiger partial charge in [-0.15, -0.1) is 0 Å². The van der Waals surface area contributed by atoms with Crippen molar-refractivity contribution in [2.75, 3.05) is 6.61 Å². The van der Waals surface area contributed by atoms with Crippen molar-refractivity contribution >= 4 is 17.4 Å². The second-order valence-corrected chi connectivity index (χ2v) is 8.97. The van der Waals surface area contributed by atoms with Gasteiger partial charge in [0.25, 0.3) is 11.7 Å². The summed E-state index contributed by atoms with van der Waals surface area (Å²) in [6, 6.07) is 12.6. The summed E-state index contributed by atoms with van der Waals surface area (Å²) in [4.78, 5) is 27.8. The molecule has 1 heterocycles. The largest absolute Gasteiger partial charge is 0.508 e. The highest BCUT2D eigenvalue weighted by Crippen LogP contribution is 2.44. The summed E-state index contributed by atoms with van der Waals surface area (Å²) in [6.07, 6.45) is 3.64. The predicted molar refractivity (Wildman–Crippen MR) is 121 cm³/mol. The zero-order valence-corrected chi connectivity index (χ0v) is 18.5. The van der Waals surface area contributed by atoms with Crippen molar-refractivity contribution in [3.63, 3.8) is 0 Å². The molecule has 0 aromatic heterocycles. The van der Waals surface area contributed by atoms with E-state index in [0.717, 1.165) is 25.7 Å². The number of hydrogen-bond donors (Lipinski definition) is 2. The quantitative estimate of drug-likeness (QED) is 0.387. The first kappa shape index (κ1) is 21.9. The minimum absolute atomic E-state index is 0.0474. The lowest BCUT2D eigenvalue weighted by atomic mass is 9.94. The molecule has 6 nitrogen and oxygen atoms in total. The standard InChI is InChI=1S/C26H29NO5/c1-16(2)15-32-21-12-10-17(11-13-21)24(29)22-23(18-6-5-9-20(28)14-18)27(26(31)25(22)30)19-7-3-4-8-19/h5-6,9-14,16,19,23,28-29H,3-4,7-8,15H2,1-2H3/b24-22-. The van der Waals surface area contributed by atoms with E-state index >= 15 is 0 Å². The van der Waals surface area contributed by atoms with Gasteiger partial charge in [-0.2, -0.15) is 0 Å². The summed E-state index contributed by atoms with van der Waals surface area (Å²) in [5, 5.41) is 21.2. The van der Waals surface area contributed by atoms with Gasteiger partial charge in [0, 0.05) is 11.6 Å². The van der Waals surface area contributed by atoms with E-state index in [2.05, 4.69) is 13.8 Å². The highest BCUT2D eigenvalue weighted by Gasteiger charge is 2.49. The van der Waals surface area contributed by atoms with Gasteiger partial charge in [0.2, 0.25) is 0 Å². The van der Waals surface area contributed by atoms with Crippen LogP contribution in [-0.2, 0) is 9.59 Å². The van der Waals surface area contributed by atoms with E-state index in [1.807, 2.05) is 0 Å². The van der Waals surface area contributed by atoms with Crippen molar-refractivity contribution in [3.05, 3.63) is 65.2 Å². The third-order valence-electron chi connectivity index (χ3n) is 6.10. The molecule has 1 unspecified atom stereocenters. The summed E-state index contributed by atoms with van der Waals surface area (Å²) in [5.41, 5.74) is 1.11. The number of rotatable bonds is 6. The summed E-state index contributed by atoms with van der Waals surface area (Å²) in [5.74, 6) is -0.395. The number of ketones is 1. The Morgan fingerprint density at radius 1 is 1.09 bits per heavy atom. The Morgan fingerprint density at radius 3 is 2.41 bits per heavy atom. The molecule has 2 aromatic carbocycles. The number of likely N-dealkylation sites (tertiary alicyclic amines) is 1. The molecular formula is C26H29NO5. The lowest BCUT2D eigenvalue weighted by Crippen LogP contribution is -2.37. The van der Waals surface area contributed by atoms with Crippen molar-refractivity contribution in [1.29, 1.82) is 0 Å². The normalized spacial score (nSPS) is 21.0. The Hall–Kier alpha value is -3.28. The Morgan fingerprint density at radius 2 is 1.78 bits per heavy atom. The van der Waals surface area contributed by atoms with E-state index in [0.29, 0.717) is 29.4 Å². The van der Waals surface area contributed by atoms with Gasteiger partial charge in [-0.05, 0) is 60.7 Å². The first-order valence-corrected chi connectivity index (χ1v) is 11.2. The van der Waals surface area contributed by atoms with Crippen LogP contribution in [0.3, 0.4) is 0 Å². The number of phenolic OH excluding ortho intramolecular Hbond substituents is 1. The zero-order valence-electron chi connectivity index (χ0n) is 18.5. The summed E-state index contributed by atoms with van der Waals surface area (Å²) in [7, 11) is 0. The van der Waals surface area contributed by atoms with Gasteiger partial charge < -0.3 is 19.8 Å². The van der Waals surface area contributed by atoms with E-state index in [-0.39, 0.29) is 23.1 Å². The van der Waals surface area contributed by atoms with E-state index in [9.17, 15) is 19.8 Å². The lowest BCUT2D eigenvalue weighted by molar-refractivity contribution is -0.141. The van der Waals surface area contributed by atoms with Crippen LogP contribution in [0, 0.1) is 5.92 Å². The summed E-state index contributed by atoms with van der Waals surface area (Å²) >= 11 is 0. The molecule has 0 radical (unpaired) electrons.